The molecule has 2 aliphatic rings. The molecule has 0 aromatic heterocycles. The van der Waals surface area contributed by atoms with Crippen LogP contribution in [0.4, 0.5) is 5.69 Å². The SMILES string of the molecule is CN1CCc2ccc(NC(=O)C3CCOC3)cc2CC1. The zero-order valence-corrected chi connectivity index (χ0v) is 12.0. The van der Waals surface area contributed by atoms with Crippen molar-refractivity contribution >= 4 is 11.6 Å². The summed E-state index contributed by atoms with van der Waals surface area (Å²) < 4.78 is 5.27. The van der Waals surface area contributed by atoms with Crippen LogP contribution >= 0.6 is 0 Å². The van der Waals surface area contributed by atoms with Gasteiger partial charge in [0.15, 0.2) is 0 Å². The average molecular weight is 274 g/mol. The number of likely N-dealkylation sites (N-methyl/N-ethyl adjacent to an activating group) is 1. The molecule has 1 amide bonds. The van der Waals surface area contributed by atoms with Gasteiger partial charge in [-0.15, -0.1) is 0 Å². The highest BCUT2D eigenvalue weighted by Crippen LogP contribution is 2.21. The number of hydrogen-bond donors (Lipinski definition) is 1. The van der Waals surface area contributed by atoms with Gasteiger partial charge in [-0.05, 0) is 49.6 Å². The van der Waals surface area contributed by atoms with Crippen LogP contribution in [0.2, 0.25) is 0 Å². The normalized spacial score (nSPS) is 23.1. The number of amides is 1. The largest absolute Gasteiger partial charge is 0.381 e. The van der Waals surface area contributed by atoms with Crippen LogP contribution in [0.1, 0.15) is 17.5 Å². The van der Waals surface area contributed by atoms with Crippen molar-refractivity contribution < 1.29 is 9.53 Å². The van der Waals surface area contributed by atoms with E-state index < -0.39 is 0 Å². The molecule has 0 saturated carbocycles. The van der Waals surface area contributed by atoms with Crippen molar-refractivity contribution in [2.75, 3.05) is 38.7 Å². The van der Waals surface area contributed by atoms with E-state index in [1.807, 2.05) is 6.07 Å². The zero-order chi connectivity index (χ0) is 13.9. The van der Waals surface area contributed by atoms with Crippen LogP contribution in [0.5, 0.6) is 0 Å². The highest BCUT2D eigenvalue weighted by atomic mass is 16.5. The number of nitrogens with zero attached hydrogens (tertiary/aromatic N) is 1. The van der Waals surface area contributed by atoms with E-state index in [9.17, 15) is 4.79 Å². The van der Waals surface area contributed by atoms with Crippen LogP contribution in [0.3, 0.4) is 0 Å². The molecule has 1 N–H and O–H groups in total. The zero-order valence-electron chi connectivity index (χ0n) is 12.0. The highest BCUT2D eigenvalue weighted by molar-refractivity contribution is 5.92. The van der Waals surface area contributed by atoms with E-state index in [1.54, 1.807) is 0 Å². The molecule has 0 aliphatic carbocycles. The summed E-state index contributed by atoms with van der Waals surface area (Å²) in [5, 5.41) is 3.03. The van der Waals surface area contributed by atoms with E-state index in [-0.39, 0.29) is 11.8 Å². The van der Waals surface area contributed by atoms with Crippen LogP contribution < -0.4 is 5.32 Å². The first-order valence-electron chi connectivity index (χ1n) is 7.41. The maximum absolute atomic E-state index is 12.1. The standard InChI is InChI=1S/C16H22N2O2/c1-18-7-4-12-2-3-15(10-13(12)5-8-18)17-16(19)14-6-9-20-11-14/h2-3,10,14H,4-9,11H2,1H3,(H,17,19). The molecule has 1 aromatic rings. The molecule has 0 bridgehead atoms. The first-order valence-corrected chi connectivity index (χ1v) is 7.41. The summed E-state index contributed by atoms with van der Waals surface area (Å²) in [6.07, 6.45) is 2.99. The topological polar surface area (TPSA) is 41.6 Å². The Morgan fingerprint density at radius 2 is 2.10 bits per heavy atom. The van der Waals surface area contributed by atoms with Crippen molar-refractivity contribution in [1.82, 2.24) is 4.90 Å². The first-order chi connectivity index (χ1) is 9.72. The number of rotatable bonds is 2. The quantitative estimate of drug-likeness (QED) is 0.892. The molecule has 3 rings (SSSR count). The Kier molecular flexibility index (Phi) is 4.03. The summed E-state index contributed by atoms with van der Waals surface area (Å²) in [5.41, 5.74) is 3.71. The van der Waals surface area contributed by atoms with E-state index in [0.29, 0.717) is 13.2 Å². The molecular weight excluding hydrogens is 252 g/mol. The third-order valence-corrected chi connectivity index (χ3v) is 4.30. The fourth-order valence-corrected chi connectivity index (χ4v) is 2.90. The van der Waals surface area contributed by atoms with Gasteiger partial charge >= 0.3 is 0 Å². The van der Waals surface area contributed by atoms with Gasteiger partial charge in [-0.1, -0.05) is 6.07 Å². The fourth-order valence-electron chi connectivity index (χ4n) is 2.90. The number of benzene rings is 1. The second kappa shape index (κ2) is 5.94. The Morgan fingerprint density at radius 1 is 1.30 bits per heavy atom. The highest BCUT2D eigenvalue weighted by Gasteiger charge is 2.23. The molecule has 20 heavy (non-hydrogen) atoms. The number of anilines is 1. The Hall–Kier alpha value is -1.39. The third-order valence-electron chi connectivity index (χ3n) is 4.30. The fraction of sp³-hybridized carbons (Fsp3) is 0.562. The van der Waals surface area contributed by atoms with Gasteiger partial charge in [-0.25, -0.2) is 0 Å². The monoisotopic (exact) mass is 274 g/mol. The lowest BCUT2D eigenvalue weighted by Gasteiger charge is -2.12. The van der Waals surface area contributed by atoms with Crippen molar-refractivity contribution in [3.8, 4) is 0 Å². The molecule has 1 aromatic carbocycles. The van der Waals surface area contributed by atoms with Gasteiger partial charge in [0.2, 0.25) is 5.91 Å². The molecule has 108 valence electrons. The second-order valence-corrected chi connectivity index (χ2v) is 5.84. The van der Waals surface area contributed by atoms with Crippen LogP contribution in [-0.4, -0.2) is 44.2 Å². The Balaban J connectivity index is 1.70. The van der Waals surface area contributed by atoms with E-state index in [0.717, 1.165) is 38.0 Å². The summed E-state index contributed by atoms with van der Waals surface area (Å²) in [6, 6.07) is 6.33. The maximum atomic E-state index is 12.1. The van der Waals surface area contributed by atoms with E-state index in [1.165, 1.54) is 11.1 Å². The van der Waals surface area contributed by atoms with Crippen molar-refractivity contribution in [1.29, 1.82) is 0 Å². The van der Waals surface area contributed by atoms with Gasteiger partial charge in [0.25, 0.3) is 0 Å². The van der Waals surface area contributed by atoms with Crippen LogP contribution in [0.15, 0.2) is 18.2 Å². The summed E-state index contributed by atoms with van der Waals surface area (Å²) >= 11 is 0. The lowest BCUT2D eigenvalue weighted by molar-refractivity contribution is -0.119. The van der Waals surface area contributed by atoms with Crippen LogP contribution in [0, 0.1) is 5.92 Å². The average Bonchev–Trinajstić information content (AvgIpc) is 2.92. The molecule has 2 heterocycles. The van der Waals surface area contributed by atoms with E-state index >= 15 is 0 Å². The molecule has 0 radical (unpaired) electrons. The molecule has 1 unspecified atom stereocenters. The summed E-state index contributed by atoms with van der Waals surface area (Å²) in [4.78, 5) is 14.5. The molecule has 2 aliphatic heterocycles. The van der Waals surface area contributed by atoms with E-state index in [2.05, 4.69) is 29.4 Å². The minimum absolute atomic E-state index is 0.0138. The lowest BCUT2D eigenvalue weighted by Crippen LogP contribution is -2.22. The smallest absolute Gasteiger partial charge is 0.229 e. The summed E-state index contributed by atoms with van der Waals surface area (Å²) in [7, 11) is 2.16. The Bertz CT molecular complexity index is 495. The number of carbonyl (C=O) groups is 1. The molecule has 1 atom stereocenters. The Morgan fingerprint density at radius 3 is 2.85 bits per heavy atom. The third kappa shape index (κ3) is 3.02. The minimum atomic E-state index is 0.0138. The predicted molar refractivity (Wildman–Crippen MR) is 78.9 cm³/mol. The lowest BCUT2D eigenvalue weighted by atomic mass is 10.0. The van der Waals surface area contributed by atoms with Gasteiger partial charge in [0, 0.05) is 25.4 Å². The summed E-state index contributed by atoms with van der Waals surface area (Å²) in [5.74, 6) is 0.105. The number of nitrogens with one attached hydrogen (secondary N) is 1. The van der Waals surface area contributed by atoms with Crippen molar-refractivity contribution in [2.45, 2.75) is 19.3 Å². The van der Waals surface area contributed by atoms with Crippen molar-refractivity contribution in [3.63, 3.8) is 0 Å². The maximum Gasteiger partial charge on any atom is 0.229 e. The van der Waals surface area contributed by atoms with Gasteiger partial charge in [-0.3, -0.25) is 4.79 Å². The molecular formula is C16H22N2O2. The molecule has 1 fully saturated rings. The molecule has 0 spiro atoms. The van der Waals surface area contributed by atoms with Gasteiger partial charge < -0.3 is 15.0 Å². The number of ether oxygens (including phenoxy) is 1. The second-order valence-electron chi connectivity index (χ2n) is 5.84. The van der Waals surface area contributed by atoms with Crippen LogP contribution in [0.25, 0.3) is 0 Å². The van der Waals surface area contributed by atoms with E-state index in [4.69, 9.17) is 4.74 Å². The first kappa shape index (κ1) is 13.6. The number of fused-ring (bicyclic) bond motifs is 1. The van der Waals surface area contributed by atoms with Crippen molar-refractivity contribution in [2.24, 2.45) is 5.92 Å². The van der Waals surface area contributed by atoms with Gasteiger partial charge in [0.1, 0.15) is 0 Å². The number of hydrogen-bond acceptors (Lipinski definition) is 3. The summed E-state index contributed by atoms with van der Waals surface area (Å²) in [6.45, 7) is 3.45. The Labute approximate surface area is 120 Å². The predicted octanol–water partition coefficient (Wildman–Crippen LogP) is 1.69. The van der Waals surface area contributed by atoms with Crippen LogP contribution in [-0.2, 0) is 22.4 Å². The molecule has 4 nitrogen and oxygen atoms in total. The number of carbonyl (C=O) groups excluding carboxylic acids is 1. The van der Waals surface area contributed by atoms with Gasteiger partial charge in [-0.2, -0.15) is 0 Å². The van der Waals surface area contributed by atoms with Gasteiger partial charge in [0.05, 0.1) is 12.5 Å². The van der Waals surface area contributed by atoms with Crippen molar-refractivity contribution in [3.05, 3.63) is 29.3 Å². The molecule has 4 heteroatoms. The molecule has 1 saturated heterocycles. The minimum Gasteiger partial charge on any atom is -0.381 e.